The molecule has 0 fully saturated rings. The quantitative estimate of drug-likeness (QED) is 0.320. The Kier molecular flexibility index (Phi) is 6.87. The van der Waals surface area contributed by atoms with Crippen LogP contribution in [0, 0.1) is 0 Å². The van der Waals surface area contributed by atoms with Crippen molar-refractivity contribution >= 4 is 52.2 Å². The van der Waals surface area contributed by atoms with E-state index in [2.05, 4.69) is 20.6 Å². The van der Waals surface area contributed by atoms with E-state index in [1.807, 2.05) is 30.3 Å². The third kappa shape index (κ3) is 5.10. The van der Waals surface area contributed by atoms with Crippen LogP contribution in [0.4, 0.5) is 13.2 Å². The fourth-order valence-corrected chi connectivity index (χ4v) is 2.94. The van der Waals surface area contributed by atoms with Crippen LogP contribution in [0.3, 0.4) is 0 Å². The van der Waals surface area contributed by atoms with Crippen molar-refractivity contribution < 1.29 is 17.6 Å². The second-order valence-corrected chi connectivity index (χ2v) is 6.10. The van der Waals surface area contributed by atoms with Crippen LogP contribution in [0.15, 0.2) is 45.1 Å². The molecule has 3 aromatic rings. The summed E-state index contributed by atoms with van der Waals surface area (Å²) in [6.07, 6.45) is -4.42. The van der Waals surface area contributed by atoms with Gasteiger partial charge in [-0.25, -0.2) is 4.98 Å². The van der Waals surface area contributed by atoms with E-state index >= 15 is 0 Å². The number of rotatable bonds is 4. The maximum Gasteiger partial charge on any atom is 0.434 e. The first-order chi connectivity index (χ1) is 12.0. The van der Waals surface area contributed by atoms with E-state index < -0.39 is 11.9 Å². The molecule has 0 bridgehead atoms. The molecule has 2 N–H and O–H groups in total. The van der Waals surface area contributed by atoms with Crippen molar-refractivity contribution in [1.82, 2.24) is 15.6 Å². The predicted octanol–water partition coefficient (Wildman–Crippen LogP) is 4.39. The minimum absolute atomic E-state index is 0. The fraction of sp³-hybridized carbons (Fsp3) is 0.250. The molecule has 1 aromatic carbocycles. The summed E-state index contributed by atoms with van der Waals surface area (Å²) in [4.78, 5) is 7.60. The SMILES string of the molecule is CN=C(NCc1cc2ccccc2o1)NCc1nc(C(F)(F)F)cs1.I. The number of aliphatic imine (C=N–C) groups is 1. The second kappa shape index (κ2) is 8.71. The largest absolute Gasteiger partial charge is 0.459 e. The van der Waals surface area contributed by atoms with E-state index in [-0.39, 0.29) is 30.5 Å². The summed E-state index contributed by atoms with van der Waals surface area (Å²) in [6.45, 7) is 0.556. The Hall–Kier alpha value is -1.82. The normalized spacial score (nSPS) is 12.1. The van der Waals surface area contributed by atoms with Gasteiger partial charge in [-0.15, -0.1) is 35.3 Å². The lowest BCUT2D eigenvalue weighted by atomic mass is 10.2. The zero-order valence-electron chi connectivity index (χ0n) is 13.6. The van der Waals surface area contributed by atoms with E-state index in [0.717, 1.165) is 33.4 Å². The van der Waals surface area contributed by atoms with Crippen LogP contribution in [0.25, 0.3) is 11.0 Å². The highest BCUT2D eigenvalue weighted by Crippen LogP contribution is 2.29. The Bertz CT molecular complexity index is 858. The number of nitrogens with zero attached hydrogens (tertiary/aromatic N) is 2. The van der Waals surface area contributed by atoms with Gasteiger partial charge in [0.25, 0.3) is 0 Å². The minimum Gasteiger partial charge on any atom is -0.459 e. The summed E-state index contributed by atoms with van der Waals surface area (Å²) >= 11 is 0.951. The number of guanidine groups is 1. The number of benzene rings is 1. The van der Waals surface area contributed by atoms with Gasteiger partial charge in [0.1, 0.15) is 16.4 Å². The van der Waals surface area contributed by atoms with Crippen molar-refractivity contribution in [3.8, 4) is 0 Å². The molecule has 26 heavy (non-hydrogen) atoms. The van der Waals surface area contributed by atoms with Crippen molar-refractivity contribution in [3.05, 3.63) is 52.2 Å². The highest BCUT2D eigenvalue weighted by molar-refractivity contribution is 14.0. The Morgan fingerprint density at radius 1 is 1.23 bits per heavy atom. The van der Waals surface area contributed by atoms with Gasteiger partial charge >= 0.3 is 6.18 Å². The molecule has 5 nitrogen and oxygen atoms in total. The van der Waals surface area contributed by atoms with E-state index in [1.165, 1.54) is 0 Å². The first-order valence-corrected chi connectivity index (χ1v) is 8.27. The molecule has 0 saturated carbocycles. The van der Waals surface area contributed by atoms with Crippen molar-refractivity contribution in [2.45, 2.75) is 19.3 Å². The van der Waals surface area contributed by atoms with Crippen LogP contribution in [-0.2, 0) is 19.3 Å². The van der Waals surface area contributed by atoms with Gasteiger partial charge in [0.15, 0.2) is 11.7 Å². The van der Waals surface area contributed by atoms with Gasteiger partial charge in [-0.2, -0.15) is 13.2 Å². The molecular weight excluding hydrogens is 480 g/mol. The molecule has 2 aromatic heterocycles. The Morgan fingerprint density at radius 3 is 2.62 bits per heavy atom. The van der Waals surface area contributed by atoms with Crippen LogP contribution in [0.5, 0.6) is 0 Å². The lowest BCUT2D eigenvalue weighted by molar-refractivity contribution is -0.140. The van der Waals surface area contributed by atoms with Crippen molar-refractivity contribution in [2.24, 2.45) is 4.99 Å². The van der Waals surface area contributed by atoms with Gasteiger partial charge in [-0.3, -0.25) is 4.99 Å². The molecule has 2 heterocycles. The molecule has 3 rings (SSSR count). The molecule has 0 atom stereocenters. The molecule has 0 saturated heterocycles. The van der Waals surface area contributed by atoms with Crippen molar-refractivity contribution in [1.29, 1.82) is 0 Å². The number of aromatic nitrogens is 1. The van der Waals surface area contributed by atoms with Crippen LogP contribution in [0.2, 0.25) is 0 Å². The number of thiazole rings is 1. The van der Waals surface area contributed by atoms with Gasteiger partial charge in [0.05, 0.1) is 13.1 Å². The number of nitrogens with one attached hydrogen (secondary N) is 2. The number of fused-ring (bicyclic) bond motifs is 1. The number of hydrogen-bond acceptors (Lipinski definition) is 4. The standard InChI is InChI=1S/C16H15F3N4OS.HI/c1-20-15(22-8-14-23-13(9-25-14)16(17,18)19)21-7-11-6-10-4-2-3-5-12(10)24-11;/h2-6,9H,7-8H2,1H3,(H2,20,21,22);1H. The number of halogens is 4. The predicted molar refractivity (Wildman–Crippen MR) is 106 cm³/mol. The molecule has 0 amide bonds. The van der Waals surface area contributed by atoms with E-state index in [1.54, 1.807) is 7.05 Å². The Labute approximate surface area is 168 Å². The molecule has 0 aliphatic rings. The summed E-state index contributed by atoms with van der Waals surface area (Å²) in [7, 11) is 1.58. The topological polar surface area (TPSA) is 62.5 Å². The molecular formula is C16H16F3IN4OS. The van der Waals surface area contributed by atoms with Gasteiger partial charge in [-0.1, -0.05) is 18.2 Å². The highest BCUT2D eigenvalue weighted by Gasteiger charge is 2.33. The molecule has 0 radical (unpaired) electrons. The summed E-state index contributed by atoms with van der Waals surface area (Å²) in [6, 6.07) is 9.58. The molecule has 0 unspecified atom stereocenters. The van der Waals surface area contributed by atoms with E-state index in [0.29, 0.717) is 17.5 Å². The van der Waals surface area contributed by atoms with Crippen LogP contribution in [-0.4, -0.2) is 18.0 Å². The van der Waals surface area contributed by atoms with Gasteiger partial charge in [0, 0.05) is 17.8 Å². The van der Waals surface area contributed by atoms with Crippen molar-refractivity contribution in [3.63, 3.8) is 0 Å². The average molecular weight is 496 g/mol. The molecule has 0 aliphatic heterocycles. The highest BCUT2D eigenvalue weighted by atomic mass is 127. The number of alkyl halides is 3. The first kappa shape index (κ1) is 20.5. The number of furan rings is 1. The van der Waals surface area contributed by atoms with E-state index in [9.17, 15) is 13.2 Å². The first-order valence-electron chi connectivity index (χ1n) is 7.39. The smallest absolute Gasteiger partial charge is 0.434 e. The zero-order valence-corrected chi connectivity index (χ0v) is 16.8. The molecule has 140 valence electrons. The number of hydrogen-bond donors (Lipinski definition) is 2. The Morgan fingerprint density at radius 2 is 1.96 bits per heavy atom. The summed E-state index contributed by atoms with van der Waals surface area (Å²) in [5.41, 5.74) is -0.0794. The van der Waals surface area contributed by atoms with Crippen molar-refractivity contribution in [2.75, 3.05) is 7.05 Å². The lowest BCUT2D eigenvalue weighted by Gasteiger charge is -2.09. The van der Waals surface area contributed by atoms with Gasteiger partial charge in [-0.05, 0) is 12.1 Å². The third-order valence-corrected chi connectivity index (χ3v) is 4.23. The zero-order chi connectivity index (χ0) is 17.9. The van der Waals surface area contributed by atoms with Crippen LogP contribution >= 0.6 is 35.3 Å². The summed E-state index contributed by atoms with van der Waals surface area (Å²) in [5.74, 6) is 1.18. The number of para-hydroxylation sites is 1. The minimum atomic E-state index is -4.42. The Balaban J connectivity index is 0.00000243. The van der Waals surface area contributed by atoms with Gasteiger partial charge in [0.2, 0.25) is 0 Å². The van der Waals surface area contributed by atoms with Crippen LogP contribution < -0.4 is 10.6 Å². The maximum atomic E-state index is 12.5. The third-order valence-electron chi connectivity index (χ3n) is 3.38. The lowest BCUT2D eigenvalue weighted by Crippen LogP contribution is -2.36. The van der Waals surface area contributed by atoms with Gasteiger partial charge < -0.3 is 15.1 Å². The van der Waals surface area contributed by atoms with E-state index in [4.69, 9.17) is 4.42 Å². The average Bonchev–Trinajstić information content (AvgIpc) is 3.21. The van der Waals surface area contributed by atoms with Crippen LogP contribution in [0.1, 0.15) is 16.5 Å². The molecule has 10 heteroatoms. The second-order valence-electron chi connectivity index (χ2n) is 5.15. The summed E-state index contributed by atoms with van der Waals surface area (Å²) < 4.78 is 43.3. The monoisotopic (exact) mass is 496 g/mol. The maximum absolute atomic E-state index is 12.5. The fourth-order valence-electron chi connectivity index (χ4n) is 2.20. The summed E-state index contributed by atoms with van der Waals surface area (Å²) in [5, 5.41) is 8.32. The molecule has 0 aliphatic carbocycles. The molecule has 0 spiro atoms.